The zero-order valence-electron chi connectivity index (χ0n) is 22.0. The normalized spacial score (nSPS) is 20.2. The molecule has 2 aromatic heterocycles. The molecule has 3 aliphatic heterocycles. The van der Waals surface area contributed by atoms with Crippen LogP contribution in [-0.4, -0.2) is 58.6 Å². The summed E-state index contributed by atoms with van der Waals surface area (Å²) in [7, 11) is 1.36. The van der Waals surface area contributed by atoms with Crippen molar-refractivity contribution in [2.24, 2.45) is 5.92 Å². The van der Waals surface area contributed by atoms with Gasteiger partial charge in [0.05, 0.1) is 39.9 Å². The zero-order valence-corrected chi connectivity index (χ0v) is 22.7. The van der Waals surface area contributed by atoms with E-state index in [4.69, 9.17) is 21.3 Å². The summed E-state index contributed by atoms with van der Waals surface area (Å²) >= 11 is 6.77. The van der Waals surface area contributed by atoms with Crippen molar-refractivity contribution in [3.05, 3.63) is 81.6 Å². The maximum Gasteiger partial charge on any atom is 0.337 e. The van der Waals surface area contributed by atoms with E-state index < -0.39 is 5.97 Å². The molecule has 5 heterocycles. The molecule has 8 nitrogen and oxygen atoms in total. The van der Waals surface area contributed by atoms with Crippen LogP contribution >= 0.6 is 11.6 Å². The van der Waals surface area contributed by atoms with Crippen molar-refractivity contribution in [1.29, 1.82) is 0 Å². The fourth-order valence-electron chi connectivity index (χ4n) is 6.20. The van der Waals surface area contributed by atoms with E-state index in [2.05, 4.69) is 20.2 Å². The Balaban J connectivity index is 1.42. The van der Waals surface area contributed by atoms with Crippen molar-refractivity contribution in [2.45, 2.75) is 18.9 Å². The summed E-state index contributed by atoms with van der Waals surface area (Å²) in [5.41, 5.74) is 5.42. The van der Waals surface area contributed by atoms with Crippen molar-refractivity contribution in [2.75, 3.05) is 32.1 Å². The lowest BCUT2D eigenvalue weighted by molar-refractivity contribution is 0.0600. The number of aromatic nitrogens is 3. The van der Waals surface area contributed by atoms with Gasteiger partial charge in [0, 0.05) is 23.5 Å². The van der Waals surface area contributed by atoms with Gasteiger partial charge in [-0.3, -0.25) is 4.79 Å². The highest BCUT2D eigenvalue weighted by molar-refractivity contribution is 6.34. The minimum absolute atomic E-state index is 0.217. The molecule has 1 atom stereocenters. The van der Waals surface area contributed by atoms with Crippen LogP contribution in [0.3, 0.4) is 0 Å². The first kappa shape index (κ1) is 24.9. The third kappa shape index (κ3) is 4.24. The molecular formula is C31H28ClN5O3. The number of ether oxygens (including phenoxy) is 1. The highest BCUT2D eigenvalue weighted by Crippen LogP contribution is 2.39. The van der Waals surface area contributed by atoms with E-state index in [9.17, 15) is 9.59 Å². The molecule has 8 rings (SSSR count). The number of fused-ring (bicyclic) bond motifs is 5. The lowest BCUT2D eigenvalue weighted by Crippen LogP contribution is -2.53. The summed E-state index contributed by atoms with van der Waals surface area (Å²) in [4.78, 5) is 39.3. The Kier molecular flexibility index (Phi) is 6.09. The van der Waals surface area contributed by atoms with Gasteiger partial charge in [0.25, 0.3) is 5.56 Å². The standard InChI is InChI=1S/C31H28ClN5O3/c1-40-31(39)19-8-6-17(7-9-19)20-14-21-25(15-22(20)32)36-30(38)27(29-34-23-4-2-3-5-24(23)35-29)28(21)33-26-16-37-12-10-18(26)11-13-37/h2-9,14-15,18,26H,10-13,16H2,1H3,(H,34,35)(H2,33,36,38)/t26-/m0/s1. The molecule has 3 saturated heterocycles. The number of para-hydroxylation sites is 2. The predicted molar refractivity (Wildman–Crippen MR) is 158 cm³/mol. The number of hydrogen-bond donors (Lipinski definition) is 3. The Morgan fingerprint density at radius 2 is 1.82 bits per heavy atom. The van der Waals surface area contributed by atoms with E-state index in [1.807, 2.05) is 42.5 Å². The molecule has 0 aliphatic carbocycles. The lowest BCUT2D eigenvalue weighted by atomic mass is 9.83. The van der Waals surface area contributed by atoms with Gasteiger partial charge in [-0.25, -0.2) is 9.78 Å². The third-order valence-electron chi connectivity index (χ3n) is 8.33. The third-order valence-corrected chi connectivity index (χ3v) is 8.64. The molecule has 202 valence electrons. The summed E-state index contributed by atoms with van der Waals surface area (Å²) in [5.74, 6) is 0.667. The van der Waals surface area contributed by atoms with Gasteiger partial charge < -0.3 is 24.9 Å². The van der Waals surface area contributed by atoms with E-state index in [1.54, 1.807) is 18.2 Å². The Bertz CT molecular complexity index is 1790. The van der Waals surface area contributed by atoms with Crippen molar-refractivity contribution in [3.63, 3.8) is 0 Å². The van der Waals surface area contributed by atoms with Gasteiger partial charge in [0.1, 0.15) is 11.4 Å². The van der Waals surface area contributed by atoms with Gasteiger partial charge in [-0.15, -0.1) is 0 Å². The second kappa shape index (κ2) is 9.80. The number of anilines is 1. The zero-order chi connectivity index (χ0) is 27.4. The Morgan fingerprint density at radius 1 is 1.05 bits per heavy atom. The number of imidazole rings is 1. The van der Waals surface area contributed by atoms with Gasteiger partial charge in [-0.1, -0.05) is 35.9 Å². The van der Waals surface area contributed by atoms with Gasteiger partial charge in [0.15, 0.2) is 0 Å². The fraction of sp³-hybridized carbons (Fsp3) is 0.258. The first-order chi connectivity index (χ1) is 19.5. The minimum atomic E-state index is -0.395. The smallest absolute Gasteiger partial charge is 0.337 e. The van der Waals surface area contributed by atoms with Crippen LogP contribution < -0.4 is 10.9 Å². The van der Waals surface area contributed by atoms with E-state index in [0.717, 1.165) is 65.7 Å². The van der Waals surface area contributed by atoms with Crippen molar-refractivity contribution in [3.8, 4) is 22.5 Å². The summed E-state index contributed by atoms with van der Waals surface area (Å²) in [5, 5.41) is 5.16. The second-order valence-corrected chi connectivity index (χ2v) is 11.0. The topological polar surface area (TPSA) is 103 Å². The first-order valence-electron chi connectivity index (χ1n) is 13.5. The molecule has 0 spiro atoms. The second-order valence-electron chi connectivity index (χ2n) is 10.6. The van der Waals surface area contributed by atoms with Crippen molar-refractivity contribution < 1.29 is 9.53 Å². The van der Waals surface area contributed by atoms with Gasteiger partial charge in [-0.2, -0.15) is 0 Å². The minimum Gasteiger partial charge on any atom is -0.465 e. The molecule has 0 radical (unpaired) electrons. The van der Waals surface area contributed by atoms with Crippen LogP contribution in [0.1, 0.15) is 23.2 Å². The highest BCUT2D eigenvalue weighted by Gasteiger charge is 2.35. The molecule has 2 bridgehead atoms. The number of H-pyrrole nitrogens is 2. The van der Waals surface area contributed by atoms with Crippen LogP contribution in [0.15, 0.2) is 65.5 Å². The Hall–Kier alpha value is -4.14. The van der Waals surface area contributed by atoms with Crippen LogP contribution in [-0.2, 0) is 4.74 Å². The number of pyridine rings is 1. The quantitative estimate of drug-likeness (QED) is 0.242. The SMILES string of the molecule is COC(=O)c1ccc(-c2cc3c(N[C@H]4CN5CCC4CC5)c(-c4nc5ccccc5[nH]4)c(=O)[nH]c3cc2Cl)cc1. The van der Waals surface area contributed by atoms with Gasteiger partial charge >= 0.3 is 5.97 Å². The molecule has 5 aromatic rings. The van der Waals surface area contributed by atoms with Gasteiger partial charge in [-0.05, 0) is 73.8 Å². The summed E-state index contributed by atoms with van der Waals surface area (Å²) < 4.78 is 4.84. The largest absolute Gasteiger partial charge is 0.465 e. The monoisotopic (exact) mass is 553 g/mol. The van der Waals surface area contributed by atoms with E-state index in [-0.39, 0.29) is 11.6 Å². The summed E-state index contributed by atoms with van der Waals surface area (Å²) in [6.45, 7) is 3.18. The lowest BCUT2D eigenvalue weighted by Gasteiger charge is -2.45. The van der Waals surface area contributed by atoms with E-state index in [1.165, 1.54) is 7.11 Å². The molecule has 3 N–H and O–H groups in total. The van der Waals surface area contributed by atoms with Crippen LogP contribution in [0.4, 0.5) is 5.69 Å². The maximum atomic E-state index is 13.7. The average molecular weight is 554 g/mol. The number of carbonyl (C=O) groups excluding carboxylic acids is 1. The van der Waals surface area contributed by atoms with Crippen LogP contribution in [0.25, 0.3) is 44.5 Å². The molecule has 0 unspecified atom stereocenters. The Labute approximate surface area is 235 Å². The predicted octanol–water partition coefficient (Wildman–Crippen LogP) is 5.68. The number of methoxy groups -OCH3 is 1. The number of aromatic amines is 2. The van der Waals surface area contributed by atoms with E-state index in [0.29, 0.717) is 33.4 Å². The average Bonchev–Trinajstić information content (AvgIpc) is 3.41. The number of nitrogens with one attached hydrogen (secondary N) is 3. The van der Waals surface area contributed by atoms with Crippen LogP contribution in [0.2, 0.25) is 5.02 Å². The van der Waals surface area contributed by atoms with Crippen molar-refractivity contribution >= 4 is 45.2 Å². The molecule has 40 heavy (non-hydrogen) atoms. The summed E-state index contributed by atoms with van der Waals surface area (Å²) in [6.07, 6.45) is 2.28. The number of nitrogens with zero attached hydrogens (tertiary/aromatic N) is 2. The number of halogens is 1. The number of hydrogen-bond acceptors (Lipinski definition) is 6. The fourth-order valence-corrected chi connectivity index (χ4v) is 6.48. The molecular weight excluding hydrogens is 526 g/mol. The van der Waals surface area contributed by atoms with Crippen molar-refractivity contribution in [1.82, 2.24) is 19.9 Å². The molecule has 3 aromatic carbocycles. The number of carbonyl (C=O) groups is 1. The molecule has 0 saturated carbocycles. The van der Waals surface area contributed by atoms with Crippen LogP contribution in [0, 0.1) is 5.92 Å². The van der Waals surface area contributed by atoms with Crippen LogP contribution in [0.5, 0.6) is 0 Å². The molecule has 3 fully saturated rings. The molecule has 9 heteroatoms. The Morgan fingerprint density at radius 3 is 2.52 bits per heavy atom. The van der Waals surface area contributed by atoms with Gasteiger partial charge in [0.2, 0.25) is 0 Å². The summed E-state index contributed by atoms with van der Waals surface area (Å²) in [6, 6.07) is 18.9. The van der Waals surface area contributed by atoms with E-state index >= 15 is 0 Å². The maximum absolute atomic E-state index is 13.7. The number of piperidine rings is 3. The first-order valence-corrected chi connectivity index (χ1v) is 13.9. The number of esters is 1. The number of rotatable bonds is 5. The number of benzene rings is 3. The molecule has 0 amide bonds. The molecule has 3 aliphatic rings. The highest BCUT2D eigenvalue weighted by atomic mass is 35.5.